The van der Waals surface area contributed by atoms with Gasteiger partial charge in [0.25, 0.3) is 5.69 Å². The lowest BCUT2D eigenvalue weighted by atomic mass is 9.94. The van der Waals surface area contributed by atoms with Crippen molar-refractivity contribution in [2.24, 2.45) is 11.7 Å². The average Bonchev–Trinajstić information content (AvgIpc) is 2.34. The monoisotopic (exact) mass is 249 g/mol. The minimum Gasteiger partial charge on any atom is -0.327 e. The van der Waals surface area contributed by atoms with Gasteiger partial charge >= 0.3 is 0 Å². The molecule has 2 N–H and O–H groups in total. The van der Waals surface area contributed by atoms with Gasteiger partial charge in [0.1, 0.15) is 0 Å². The van der Waals surface area contributed by atoms with Gasteiger partial charge in [-0.25, -0.2) is 0 Å². The number of nitro benzene ring substituents is 1. The molecular weight excluding hydrogens is 230 g/mol. The quantitative estimate of drug-likeness (QED) is 0.654. The van der Waals surface area contributed by atoms with E-state index in [0.29, 0.717) is 12.5 Å². The molecule has 1 aliphatic rings. The van der Waals surface area contributed by atoms with Crippen LogP contribution in [-0.4, -0.2) is 29.0 Å². The summed E-state index contributed by atoms with van der Waals surface area (Å²) in [5, 5.41) is 10.9. The van der Waals surface area contributed by atoms with Gasteiger partial charge in [0.2, 0.25) is 0 Å². The zero-order valence-electron chi connectivity index (χ0n) is 10.6. The Balaban J connectivity index is 2.08. The fourth-order valence-electron chi connectivity index (χ4n) is 2.46. The molecule has 18 heavy (non-hydrogen) atoms. The second-order valence-corrected chi connectivity index (χ2v) is 5.05. The molecule has 1 aromatic carbocycles. The van der Waals surface area contributed by atoms with Crippen LogP contribution in [0.5, 0.6) is 0 Å². The number of nitrogens with zero attached hydrogens (tertiary/aromatic N) is 2. The molecular formula is C13H19N3O2. The zero-order chi connectivity index (χ0) is 13.1. The Kier molecular flexibility index (Phi) is 3.93. The highest BCUT2D eigenvalue weighted by Crippen LogP contribution is 2.22. The van der Waals surface area contributed by atoms with Crippen LogP contribution in [0.3, 0.4) is 0 Å². The lowest BCUT2D eigenvalue weighted by molar-refractivity contribution is -0.385. The summed E-state index contributed by atoms with van der Waals surface area (Å²) in [5.41, 5.74) is 6.97. The molecule has 5 nitrogen and oxygen atoms in total. The molecule has 0 bridgehead atoms. The minimum absolute atomic E-state index is 0.208. The molecule has 98 valence electrons. The number of para-hydroxylation sites is 1. The van der Waals surface area contributed by atoms with Crippen LogP contribution in [-0.2, 0) is 6.54 Å². The topological polar surface area (TPSA) is 72.4 Å². The molecule has 0 aromatic heterocycles. The number of benzene rings is 1. The highest BCUT2D eigenvalue weighted by Gasteiger charge is 2.24. The summed E-state index contributed by atoms with van der Waals surface area (Å²) in [6.07, 6.45) is 0.960. The highest BCUT2D eigenvalue weighted by atomic mass is 16.6. The van der Waals surface area contributed by atoms with Crippen molar-refractivity contribution in [3.05, 3.63) is 39.9 Å². The highest BCUT2D eigenvalue weighted by molar-refractivity contribution is 5.39. The molecule has 1 fully saturated rings. The summed E-state index contributed by atoms with van der Waals surface area (Å²) in [4.78, 5) is 12.9. The van der Waals surface area contributed by atoms with E-state index < -0.39 is 0 Å². The summed E-state index contributed by atoms with van der Waals surface area (Å²) < 4.78 is 0. The van der Waals surface area contributed by atoms with E-state index in [-0.39, 0.29) is 16.7 Å². The van der Waals surface area contributed by atoms with Gasteiger partial charge in [0, 0.05) is 30.8 Å². The predicted molar refractivity (Wildman–Crippen MR) is 70.1 cm³/mol. The first-order valence-electron chi connectivity index (χ1n) is 6.28. The van der Waals surface area contributed by atoms with Gasteiger partial charge in [-0.2, -0.15) is 0 Å². The first kappa shape index (κ1) is 13.0. The second-order valence-electron chi connectivity index (χ2n) is 5.05. The van der Waals surface area contributed by atoms with E-state index in [0.717, 1.165) is 25.1 Å². The number of piperidine rings is 1. The molecule has 0 aliphatic carbocycles. The summed E-state index contributed by atoms with van der Waals surface area (Å²) >= 11 is 0. The van der Waals surface area contributed by atoms with Crippen LogP contribution in [0.1, 0.15) is 18.9 Å². The van der Waals surface area contributed by atoms with E-state index in [1.54, 1.807) is 12.1 Å². The lowest BCUT2D eigenvalue weighted by Gasteiger charge is -2.34. The van der Waals surface area contributed by atoms with E-state index in [9.17, 15) is 10.1 Å². The number of hydrogen-bond acceptors (Lipinski definition) is 4. The molecule has 1 saturated heterocycles. The van der Waals surface area contributed by atoms with Crippen molar-refractivity contribution in [3.8, 4) is 0 Å². The van der Waals surface area contributed by atoms with Gasteiger partial charge in [0.05, 0.1) is 4.92 Å². The summed E-state index contributed by atoms with van der Waals surface area (Å²) in [6, 6.07) is 7.20. The van der Waals surface area contributed by atoms with Crippen LogP contribution in [0.15, 0.2) is 24.3 Å². The SMILES string of the molecule is CC1CN(Cc2ccccc2[N+](=O)[O-])CCC1N. The Morgan fingerprint density at radius 3 is 2.89 bits per heavy atom. The Labute approximate surface area is 107 Å². The van der Waals surface area contributed by atoms with Crippen molar-refractivity contribution in [3.63, 3.8) is 0 Å². The predicted octanol–water partition coefficient (Wildman–Crippen LogP) is 1.76. The number of nitrogens with two attached hydrogens (primary N) is 1. The summed E-state index contributed by atoms with van der Waals surface area (Å²) in [7, 11) is 0. The zero-order valence-corrected chi connectivity index (χ0v) is 10.6. The Morgan fingerprint density at radius 1 is 1.50 bits per heavy atom. The number of likely N-dealkylation sites (tertiary alicyclic amines) is 1. The molecule has 0 radical (unpaired) electrons. The Bertz CT molecular complexity index is 436. The van der Waals surface area contributed by atoms with Crippen LogP contribution in [0.2, 0.25) is 0 Å². The summed E-state index contributed by atoms with van der Waals surface area (Å²) in [6.45, 7) is 4.59. The van der Waals surface area contributed by atoms with E-state index in [1.807, 2.05) is 12.1 Å². The fraction of sp³-hybridized carbons (Fsp3) is 0.538. The molecule has 2 rings (SSSR count). The number of hydrogen-bond donors (Lipinski definition) is 1. The van der Waals surface area contributed by atoms with Gasteiger partial charge in [-0.05, 0) is 18.9 Å². The van der Waals surface area contributed by atoms with Gasteiger partial charge < -0.3 is 5.73 Å². The largest absolute Gasteiger partial charge is 0.327 e. The maximum atomic E-state index is 10.9. The van der Waals surface area contributed by atoms with Crippen LogP contribution in [0.25, 0.3) is 0 Å². The fourth-order valence-corrected chi connectivity index (χ4v) is 2.46. The van der Waals surface area contributed by atoms with Crippen LogP contribution in [0, 0.1) is 16.0 Å². The molecule has 2 atom stereocenters. The first-order valence-corrected chi connectivity index (χ1v) is 6.28. The molecule has 1 aromatic rings. The van der Waals surface area contributed by atoms with Crippen molar-refractivity contribution in [1.82, 2.24) is 4.90 Å². The van der Waals surface area contributed by atoms with Crippen molar-refractivity contribution in [2.75, 3.05) is 13.1 Å². The third kappa shape index (κ3) is 2.86. The second kappa shape index (κ2) is 5.46. The maximum absolute atomic E-state index is 10.9. The molecule has 1 heterocycles. The Hall–Kier alpha value is -1.46. The average molecular weight is 249 g/mol. The van der Waals surface area contributed by atoms with Gasteiger partial charge in [0.15, 0.2) is 0 Å². The minimum atomic E-state index is -0.311. The van der Waals surface area contributed by atoms with Crippen molar-refractivity contribution < 1.29 is 4.92 Å². The standard InChI is InChI=1S/C13H19N3O2/c1-10-8-15(7-6-12(10)14)9-11-4-2-3-5-13(11)16(17)18/h2-5,10,12H,6-9,14H2,1H3. The smallest absolute Gasteiger partial charge is 0.273 e. The number of nitro groups is 1. The molecule has 5 heteroatoms. The van der Waals surface area contributed by atoms with Crippen molar-refractivity contribution in [1.29, 1.82) is 0 Å². The molecule has 1 aliphatic heterocycles. The van der Waals surface area contributed by atoms with E-state index in [4.69, 9.17) is 5.73 Å². The molecule has 0 spiro atoms. The van der Waals surface area contributed by atoms with Crippen molar-refractivity contribution >= 4 is 5.69 Å². The molecule has 0 saturated carbocycles. The normalized spacial score (nSPS) is 25.0. The Morgan fingerprint density at radius 2 is 2.22 bits per heavy atom. The first-order chi connectivity index (χ1) is 8.58. The van der Waals surface area contributed by atoms with E-state index >= 15 is 0 Å². The van der Waals surface area contributed by atoms with Crippen LogP contribution < -0.4 is 5.73 Å². The van der Waals surface area contributed by atoms with E-state index in [1.165, 1.54) is 0 Å². The van der Waals surface area contributed by atoms with Gasteiger partial charge in [-0.3, -0.25) is 15.0 Å². The van der Waals surface area contributed by atoms with Gasteiger partial charge in [-0.15, -0.1) is 0 Å². The van der Waals surface area contributed by atoms with Gasteiger partial charge in [-0.1, -0.05) is 25.1 Å². The molecule has 2 unspecified atom stereocenters. The van der Waals surface area contributed by atoms with Crippen molar-refractivity contribution in [2.45, 2.75) is 25.9 Å². The molecule has 0 amide bonds. The lowest BCUT2D eigenvalue weighted by Crippen LogP contribution is -2.45. The maximum Gasteiger partial charge on any atom is 0.273 e. The third-order valence-electron chi connectivity index (χ3n) is 3.64. The summed E-state index contributed by atoms with van der Waals surface area (Å²) in [5.74, 6) is 0.446. The number of rotatable bonds is 3. The van der Waals surface area contributed by atoms with E-state index in [2.05, 4.69) is 11.8 Å². The van der Waals surface area contributed by atoms with Crippen LogP contribution in [0.4, 0.5) is 5.69 Å². The third-order valence-corrected chi connectivity index (χ3v) is 3.64. The van der Waals surface area contributed by atoms with Crippen LogP contribution >= 0.6 is 0 Å².